The molecule has 3 nitrogen and oxygen atoms in total. The van der Waals surface area contributed by atoms with Crippen LogP contribution in [0.1, 0.15) is 15.2 Å². The van der Waals surface area contributed by atoms with Crippen LogP contribution in [0, 0.1) is 6.92 Å². The van der Waals surface area contributed by atoms with Crippen molar-refractivity contribution in [3.63, 3.8) is 0 Å². The van der Waals surface area contributed by atoms with Gasteiger partial charge in [0.15, 0.2) is 4.80 Å². The lowest BCUT2D eigenvalue weighted by Gasteiger charge is -2.04. The summed E-state index contributed by atoms with van der Waals surface area (Å²) in [6.07, 6.45) is 0. The van der Waals surface area contributed by atoms with Gasteiger partial charge in [-0.2, -0.15) is 4.99 Å². The molecule has 3 aromatic rings. The first-order valence-corrected chi connectivity index (χ1v) is 9.63. The number of hydrogen-bond donors (Lipinski definition) is 0. The highest BCUT2D eigenvalue weighted by Crippen LogP contribution is 2.26. The molecule has 0 saturated heterocycles. The summed E-state index contributed by atoms with van der Waals surface area (Å²) < 4.78 is 3.88. The van der Waals surface area contributed by atoms with Gasteiger partial charge in [0.2, 0.25) is 0 Å². The zero-order chi connectivity index (χ0) is 17.3. The van der Waals surface area contributed by atoms with Crippen molar-refractivity contribution in [1.82, 2.24) is 4.57 Å². The van der Waals surface area contributed by atoms with Gasteiger partial charge in [0.05, 0.1) is 5.69 Å². The van der Waals surface area contributed by atoms with Crippen LogP contribution in [-0.4, -0.2) is 10.5 Å². The Morgan fingerprint density at radius 2 is 1.79 bits per heavy atom. The van der Waals surface area contributed by atoms with Crippen molar-refractivity contribution in [2.45, 2.75) is 6.92 Å². The van der Waals surface area contributed by atoms with Gasteiger partial charge in [-0.3, -0.25) is 4.79 Å². The van der Waals surface area contributed by atoms with Crippen LogP contribution < -0.4 is 4.80 Å². The molecule has 1 amide bonds. The Hall–Kier alpha value is -1.50. The lowest BCUT2D eigenvalue weighted by atomic mass is 10.1. The maximum Gasteiger partial charge on any atom is 0.279 e. The first kappa shape index (κ1) is 17.3. The number of carbonyl (C=O) groups excluding carboxylic acids is 1. The van der Waals surface area contributed by atoms with Crippen LogP contribution in [-0.2, 0) is 7.05 Å². The van der Waals surface area contributed by atoms with Gasteiger partial charge in [0, 0.05) is 26.4 Å². The number of benzene rings is 2. The van der Waals surface area contributed by atoms with E-state index in [4.69, 9.17) is 0 Å². The highest BCUT2D eigenvalue weighted by atomic mass is 79.9. The molecule has 0 unspecified atom stereocenters. The van der Waals surface area contributed by atoms with Crippen molar-refractivity contribution >= 4 is 49.1 Å². The Morgan fingerprint density at radius 1 is 1.08 bits per heavy atom. The molecule has 1 aromatic heterocycles. The summed E-state index contributed by atoms with van der Waals surface area (Å²) in [6, 6.07) is 15.4. The zero-order valence-electron chi connectivity index (χ0n) is 13.1. The SMILES string of the molecule is Cc1sc(=NC(=O)c2cccc(Br)c2)n(C)c1-c1ccc(Br)cc1. The predicted octanol–water partition coefficient (Wildman–Crippen LogP) is 5.33. The predicted molar refractivity (Wildman–Crippen MR) is 105 cm³/mol. The van der Waals surface area contributed by atoms with E-state index in [0.29, 0.717) is 10.4 Å². The largest absolute Gasteiger partial charge is 0.319 e. The quantitative estimate of drug-likeness (QED) is 0.503. The Labute approximate surface area is 161 Å². The molecule has 0 spiro atoms. The molecule has 3 rings (SSSR count). The minimum Gasteiger partial charge on any atom is -0.319 e. The van der Waals surface area contributed by atoms with Gasteiger partial charge < -0.3 is 4.57 Å². The maximum atomic E-state index is 12.4. The normalized spacial score (nSPS) is 11.8. The number of hydrogen-bond acceptors (Lipinski definition) is 2. The van der Waals surface area contributed by atoms with Crippen LogP contribution in [0.3, 0.4) is 0 Å². The molecule has 1 heterocycles. The number of halogens is 2. The summed E-state index contributed by atoms with van der Waals surface area (Å²) in [5.74, 6) is -0.240. The second kappa shape index (κ2) is 7.17. The van der Waals surface area contributed by atoms with E-state index in [9.17, 15) is 4.79 Å². The van der Waals surface area contributed by atoms with E-state index >= 15 is 0 Å². The standard InChI is InChI=1S/C18H14Br2N2OS/c1-11-16(12-6-8-14(19)9-7-12)22(2)18(24-11)21-17(23)13-4-3-5-15(20)10-13/h3-10H,1-2H3. The lowest BCUT2D eigenvalue weighted by Crippen LogP contribution is -2.14. The molecule has 0 N–H and O–H groups in total. The zero-order valence-corrected chi connectivity index (χ0v) is 17.1. The molecule has 0 atom stereocenters. The number of aromatic nitrogens is 1. The summed E-state index contributed by atoms with van der Waals surface area (Å²) >= 11 is 8.35. The van der Waals surface area contributed by atoms with Crippen molar-refractivity contribution in [1.29, 1.82) is 0 Å². The van der Waals surface area contributed by atoms with E-state index in [1.807, 2.05) is 42.8 Å². The smallest absolute Gasteiger partial charge is 0.279 e. The third-order valence-electron chi connectivity index (χ3n) is 3.59. The number of thiazole rings is 1. The van der Waals surface area contributed by atoms with Crippen molar-refractivity contribution in [3.05, 3.63) is 72.7 Å². The molecule has 0 aliphatic heterocycles. The monoisotopic (exact) mass is 464 g/mol. The first-order chi connectivity index (χ1) is 11.5. The molecule has 0 saturated carbocycles. The maximum absolute atomic E-state index is 12.4. The fourth-order valence-electron chi connectivity index (χ4n) is 2.46. The van der Waals surface area contributed by atoms with Crippen molar-refractivity contribution in [2.75, 3.05) is 0 Å². The first-order valence-electron chi connectivity index (χ1n) is 7.22. The van der Waals surface area contributed by atoms with Crippen LogP contribution in [0.25, 0.3) is 11.3 Å². The van der Waals surface area contributed by atoms with Crippen LogP contribution >= 0.6 is 43.2 Å². The molecule has 2 aromatic carbocycles. The number of amides is 1. The Balaban J connectivity index is 2.05. The summed E-state index contributed by atoms with van der Waals surface area (Å²) in [7, 11) is 1.94. The van der Waals surface area contributed by atoms with E-state index in [0.717, 1.165) is 25.1 Å². The van der Waals surface area contributed by atoms with Crippen LogP contribution in [0.4, 0.5) is 0 Å². The minimum absolute atomic E-state index is 0.240. The summed E-state index contributed by atoms with van der Waals surface area (Å²) in [6.45, 7) is 2.05. The highest BCUT2D eigenvalue weighted by Gasteiger charge is 2.12. The topological polar surface area (TPSA) is 34.4 Å². The third-order valence-corrected chi connectivity index (χ3v) is 5.66. The number of aryl methyl sites for hydroxylation is 1. The number of nitrogens with zero attached hydrogens (tertiary/aromatic N) is 2. The van der Waals surface area contributed by atoms with Gasteiger partial charge in [0.25, 0.3) is 5.91 Å². The third kappa shape index (κ3) is 3.61. The highest BCUT2D eigenvalue weighted by molar-refractivity contribution is 9.10. The average Bonchev–Trinajstić information content (AvgIpc) is 2.82. The molecular weight excluding hydrogens is 452 g/mol. The van der Waals surface area contributed by atoms with Gasteiger partial charge in [-0.05, 0) is 42.8 Å². The molecule has 24 heavy (non-hydrogen) atoms. The van der Waals surface area contributed by atoms with E-state index in [-0.39, 0.29) is 5.91 Å². The van der Waals surface area contributed by atoms with Gasteiger partial charge in [-0.1, -0.05) is 50.1 Å². The Morgan fingerprint density at radius 3 is 2.46 bits per heavy atom. The van der Waals surface area contributed by atoms with Crippen molar-refractivity contribution in [2.24, 2.45) is 12.0 Å². The van der Waals surface area contributed by atoms with Crippen LogP contribution in [0.2, 0.25) is 0 Å². The Bertz CT molecular complexity index is 971. The van der Waals surface area contributed by atoms with Gasteiger partial charge >= 0.3 is 0 Å². The van der Waals surface area contributed by atoms with Crippen LogP contribution in [0.15, 0.2) is 62.5 Å². The lowest BCUT2D eigenvalue weighted by molar-refractivity contribution is 0.0998. The van der Waals surface area contributed by atoms with Crippen molar-refractivity contribution in [3.8, 4) is 11.3 Å². The second-order valence-corrected chi connectivity index (χ2v) is 8.30. The van der Waals surface area contributed by atoms with E-state index in [1.165, 1.54) is 11.3 Å². The summed E-state index contributed by atoms with van der Waals surface area (Å²) in [4.78, 5) is 18.5. The van der Waals surface area contributed by atoms with Crippen molar-refractivity contribution < 1.29 is 4.79 Å². The molecule has 0 bridgehead atoms. The van der Waals surface area contributed by atoms with Gasteiger partial charge in [0.1, 0.15) is 0 Å². The molecule has 6 heteroatoms. The fourth-order valence-corrected chi connectivity index (χ4v) is 4.11. The van der Waals surface area contributed by atoms with E-state index in [2.05, 4.69) is 49.0 Å². The van der Waals surface area contributed by atoms with E-state index < -0.39 is 0 Å². The van der Waals surface area contributed by atoms with Crippen LogP contribution in [0.5, 0.6) is 0 Å². The fraction of sp³-hybridized carbons (Fsp3) is 0.111. The Kier molecular flexibility index (Phi) is 5.18. The molecular formula is C18H14Br2N2OS. The van der Waals surface area contributed by atoms with Gasteiger partial charge in [-0.15, -0.1) is 11.3 Å². The molecule has 0 radical (unpaired) electrons. The van der Waals surface area contributed by atoms with Gasteiger partial charge in [-0.25, -0.2) is 0 Å². The minimum atomic E-state index is -0.240. The number of rotatable bonds is 2. The summed E-state index contributed by atoms with van der Waals surface area (Å²) in [5, 5.41) is 0. The van der Waals surface area contributed by atoms with E-state index in [1.54, 1.807) is 12.1 Å². The molecule has 0 aliphatic carbocycles. The molecule has 122 valence electrons. The second-order valence-electron chi connectivity index (χ2n) is 5.28. The molecule has 0 fully saturated rings. The summed E-state index contributed by atoms with van der Waals surface area (Å²) in [5.41, 5.74) is 2.75. The average molecular weight is 466 g/mol. The number of carbonyl (C=O) groups is 1. The molecule has 0 aliphatic rings.